The summed E-state index contributed by atoms with van der Waals surface area (Å²) in [6.07, 6.45) is 0. The zero-order valence-electron chi connectivity index (χ0n) is 23.0. The van der Waals surface area contributed by atoms with E-state index in [1.807, 2.05) is 48.5 Å². The average Bonchev–Trinajstić information content (AvgIpc) is 3.41. The van der Waals surface area contributed by atoms with Crippen molar-refractivity contribution in [2.45, 2.75) is 58.4 Å². The molecule has 0 bridgehead atoms. The van der Waals surface area contributed by atoms with E-state index in [4.69, 9.17) is 16.0 Å². The van der Waals surface area contributed by atoms with Crippen LogP contribution in [0.2, 0.25) is 5.02 Å². The quantitative estimate of drug-likeness (QED) is 0.263. The molecule has 39 heavy (non-hydrogen) atoms. The van der Waals surface area contributed by atoms with Crippen LogP contribution in [0, 0.1) is 0 Å². The van der Waals surface area contributed by atoms with E-state index in [2.05, 4.69) is 41.5 Å². The molecule has 200 valence electrons. The first kappa shape index (κ1) is 26.8. The SMILES string of the molecule is CC(C)(C)c1ccc(C2C(C(=O)c3cc4cc(Cl)ccc4o3)=C(O)C(=O)N2c2ccc(C(C)(C)C)cc2)cc1. The van der Waals surface area contributed by atoms with Gasteiger partial charge in [-0.25, -0.2) is 0 Å². The third-order valence-corrected chi connectivity index (χ3v) is 7.49. The fourth-order valence-electron chi connectivity index (χ4n) is 4.97. The summed E-state index contributed by atoms with van der Waals surface area (Å²) in [7, 11) is 0. The van der Waals surface area contributed by atoms with E-state index in [0.717, 1.165) is 11.1 Å². The summed E-state index contributed by atoms with van der Waals surface area (Å²) >= 11 is 6.12. The second kappa shape index (κ2) is 9.42. The number of fused-ring (bicyclic) bond motifs is 1. The van der Waals surface area contributed by atoms with Gasteiger partial charge in [0, 0.05) is 16.1 Å². The fourth-order valence-corrected chi connectivity index (χ4v) is 5.15. The van der Waals surface area contributed by atoms with Gasteiger partial charge in [-0.15, -0.1) is 0 Å². The van der Waals surface area contributed by atoms with Gasteiger partial charge in [0.05, 0.1) is 11.6 Å². The zero-order valence-corrected chi connectivity index (χ0v) is 23.8. The molecule has 1 aliphatic heterocycles. The molecule has 0 aliphatic carbocycles. The van der Waals surface area contributed by atoms with Crippen molar-refractivity contribution in [2.24, 2.45) is 0 Å². The van der Waals surface area contributed by atoms with Crippen LogP contribution in [0.1, 0.15) is 74.8 Å². The van der Waals surface area contributed by atoms with E-state index in [-0.39, 0.29) is 22.2 Å². The Morgan fingerprint density at radius 2 is 1.41 bits per heavy atom. The van der Waals surface area contributed by atoms with Crippen molar-refractivity contribution in [3.8, 4) is 0 Å². The van der Waals surface area contributed by atoms with E-state index in [1.54, 1.807) is 24.3 Å². The molecule has 0 fully saturated rings. The Morgan fingerprint density at radius 1 is 0.846 bits per heavy atom. The van der Waals surface area contributed by atoms with Crippen molar-refractivity contribution in [3.05, 3.63) is 112 Å². The average molecular weight is 542 g/mol. The van der Waals surface area contributed by atoms with E-state index in [1.165, 1.54) is 4.90 Å². The van der Waals surface area contributed by atoms with Crippen molar-refractivity contribution in [1.82, 2.24) is 0 Å². The predicted molar refractivity (Wildman–Crippen MR) is 156 cm³/mol. The molecule has 2 heterocycles. The lowest BCUT2D eigenvalue weighted by Gasteiger charge is -2.28. The first-order valence-corrected chi connectivity index (χ1v) is 13.3. The Labute approximate surface area is 233 Å². The molecule has 0 spiro atoms. The molecular weight excluding hydrogens is 510 g/mol. The second-order valence-electron chi connectivity index (χ2n) is 12.1. The third kappa shape index (κ3) is 4.87. The molecular formula is C33H32ClNO4. The number of carbonyl (C=O) groups excluding carboxylic acids is 2. The Balaban J connectivity index is 1.63. The van der Waals surface area contributed by atoms with Gasteiger partial charge in [0.2, 0.25) is 5.78 Å². The lowest BCUT2D eigenvalue weighted by Crippen LogP contribution is -2.31. The highest BCUT2D eigenvalue weighted by Crippen LogP contribution is 2.43. The fraction of sp³-hybridized carbons (Fsp3) is 0.273. The van der Waals surface area contributed by atoms with Crippen molar-refractivity contribution in [1.29, 1.82) is 0 Å². The van der Waals surface area contributed by atoms with Crippen LogP contribution in [0.15, 0.2) is 88.5 Å². The van der Waals surface area contributed by atoms with Gasteiger partial charge >= 0.3 is 0 Å². The minimum atomic E-state index is -0.837. The number of benzene rings is 3. The van der Waals surface area contributed by atoms with Gasteiger partial charge in [-0.3, -0.25) is 14.5 Å². The molecule has 3 aromatic carbocycles. The van der Waals surface area contributed by atoms with Crippen LogP contribution in [0.5, 0.6) is 0 Å². The zero-order chi connectivity index (χ0) is 28.3. The minimum absolute atomic E-state index is 0.0199. The normalized spacial score (nSPS) is 16.4. The molecule has 1 aliphatic rings. The Bertz CT molecular complexity index is 1610. The number of nitrogens with zero attached hydrogens (tertiary/aromatic N) is 1. The third-order valence-electron chi connectivity index (χ3n) is 7.26. The number of aliphatic hydroxyl groups is 1. The highest BCUT2D eigenvalue weighted by atomic mass is 35.5. The van der Waals surface area contributed by atoms with Crippen molar-refractivity contribution in [3.63, 3.8) is 0 Å². The molecule has 6 heteroatoms. The summed E-state index contributed by atoms with van der Waals surface area (Å²) in [4.78, 5) is 29.0. The van der Waals surface area contributed by atoms with E-state index in [0.29, 0.717) is 27.2 Å². The maximum absolute atomic E-state index is 13.9. The largest absolute Gasteiger partial charge is 0.503 e. The highest BCUT2D eigenvalue weighted by molar-refractivity contribution is 6.31. The topological polar surface area (TPSA) is 70.7 Å². The van der Waals surface area contributed by atoms with Crippen LogP contribution in [0.4, 0.5) is 5.69 Å². The molecule has 1 atom stereocenters. The summed E-state index contributed by atoms with van der Waals surface area (Å²) < 4.78 is 5.84. The lowest BCUT2D eigenvalue weighted by atomic mass is 9.85. The molecule has 5 rings (SSSR count). The van der Waals surface area contributed by atoms with Gasteiger partial charge in [-0.2, -0.15) is 0 Å². The standard InChI is InChI=1S/C33H32ClNO4/c1-32(2,3)21-9-7-19(8-10-21)28-27(29(36)26-18-20-17-23(34)13-16-25(20)39-26)30(37)31(38)35(28)24-14-11-22(12-15-24)33(4,5)6/h7-18,28,37H,1-6H3. The Kier molecular flexibility index (Phi) is 6.47. The van der Waals surface area contributed by atoms with Crippen molar-refractivity contribution in [2.75, 3.05) is 4.90 Å². The van der Waals surface area contributed by atoms with Crippen LogP contribution >= 0.6 is 11.6 Å². The molecule has 1 aromatic heterocycles. The molecule has 1 N–H and O–H groups in total. The second-order valence-corrected chi connectivity index (χ2v) is 12.6. The van der Waals surface area contributed by atoms with Crippen molar-refractivity contribution < 1.29 is 19.1 Å². The van der Waals surface area contributed by atoms with Gasteiger partial charge in [0.15, 0.2) is 11.5 Å². The first-order valence-electron chi connectivity index (χ1n) is 13.0. The monoisotopic (exact) mass is 541 g/mol. The number of furan rings is 1. The van der Waals surface area contributed by atoms with Crippen LogP contribution in [0.25, 0.3) is 11.0 Å². The van der Waals surface area contributed by atoms with Crippen molar-refractivity contribution >= 4 is 39.9 Å². The summed E-state index contributed by atoms with van der Waals surface area (Å²) in [5.74, 6) is -1.73. The van der Waals surface area contributed by atoms with Crippen LogP contribution in [0.3, 0.4) is 0 Å². The van der Waals surface area contributed by atoms with Crippen LogP contribution in [-0.4, -0.2) is 16.8 Å². The van der Waals surface area contributed by atoms with Crippen LogP contribution in [-0.2, 0) is 15.6 Å². The number of ketones is 1. The number of Topliss-reactive ketones (excluding diaryl/α,β-unsaturated/α-hetero) is 1. The molecule has 5 nitrogen and oxygen atoms in total. The summed E-state index contributed by atoms with van der Waals surface area (Å²) in [5.41, 5.74) is 3.86. The number of carbonyl (C=O) groups is 2. The lowest BCUT2D eigenvalue weighted by molar-refractivity contribution is -0.117. The summed E-state index contributed by atoms with van der Waals surface area (Å²) in [6.45, 7) is 12.7. The number of hydrogen-bond acceptors (Lipinski definition) is 4. The van der Waals surface area contributed by atoms with E-state index >= 15 is 0 Å². The summed E-state index contributed by atoms with van der Waals surface area (Å²) in [5, 5.41) is 12.3. The molecule has 4 aromatic rings. The van der Waals surface area contributed by atoms with Gasteiger partial charge < -0.3 is 9.52 Å². The van der Waals surface area contributed by atoms with Gasteiger partial charge in [-0.05, 0) is 63.9 Å². The molecule has 0 radical (unpaired) electrons. The number of amides is 1. The number of aliphatic hydroxyl groups excluding tert-OH is 1. The number of hydrogen-bond donors (Lipinski definition) is 1. The highest BCUT2D eigenvalue weighted by Gasteiger charge is 2.45. The Morgan fingerprint density at radius 3 is 1.97 bits per heavy atom. The van der Waals surface area contributed by atoms with Gasteiger partial charge in [0.1, 0.15) is 5.58 Å². The van der Waals surface area contributed by atoms with Crippen LogP contribution < -0.4 is 4.90 Å². The number of rotatable bonds is 4. The Hall–Kier alpha value is -3.83. The molecule has 0 saturated heterocycles. The number of anilines is 1. The maximum atomic E-state index is 13.9. The van der Waals surface area contributed by atoms with E-state index in [9.17, 15) is 14.7 Å². The summed E-state index contributed by atoms with van der Waals surface area (Å²) in [6, 6.07) is 21.3. The smallest absolute Gasteiger partial charge is 0.294 e. The van der Waals surface area contributed by atoms with Gasteiger partial charge in [-0.1, -0.05) is 89.5 Å². The molecule has 1 amide bonds. The van der Waals surface area contributed by atoms with Gasteiger partial charge in [0.25, 0.3) is 5.91 Å². The maximum Gasteiger partial charge on any atom is 0.294 e. The number of halogens is 1. The minimum Gasteiger partial charge on any atom is -0.503 e. The molecule has 1 unspecified atom stereocenters. The predicted octanol–water partition coefficient (Wildman–Crippen LogP) is 8.46. The first-order chi connectivity index (χ1) is 18.3. The molecule has 0 saturated carbocycles. The van der Waals surface area contributed by atoms with E-state index < -0.39 is 23.5 Å².